The first-order valence-corrected chi connectivity index (χ1v) is 9.18. The van der Waals surface area contributed by atoms with Gasteiger partial charge in [0.1, 0.15) is 0 Å². The van der Waals surface area contributed by atoms with Gasteiger partial charge in [0.2, 0.25) is 11.9 Å². The average molecular weight is 372 g/mol. The molecule has 0 aliphatic rings. The molecule has 0 spiro atoms. The van der Waals surface area contributed by atoms with E-state index < -0.39 is 0 Å². The summed E-state index contributed by atoms with van der Waals surface area (Å²) in [6.07, 6.45) is 0.221. The van der Waals surface area contributed by atoms with Crippen LogP contribution < -0.4 is 16.4 Å². The predicted molar refractivity (Wildman–Crippen MR) is 111 cm³/mol. The molecule has 4 aromatic rings. The lowest BCUT2D eigenvalue weighted by molar-refractivity contribution is -0.119. The van der Waals surface area contributed by atoms with Gasteiger partial charge in [-0.15, -0.1) is 0 Å². The van der Waals surface area contributed by atoms with E-state index in [1.54, 1.807) is 12.1 Å². The Morgan fingerprint density at radius 2 is 1.68 bits per heavy atom. The van der Waals surface area contributed by atoms with Gasteiger partial charge in [0.25, 0.3) is 5.56 Å². The van der Waals surface area contributed by atoms with Crippen LogP contribution in [-0.2, 0) is 17.8 Å². The summed E-state index contributed by atoms with van der Waals surface area (Å²) >= 11 is 0. The van der Waals surface area contributed by atoms with Crippen LogP contribution in [0.25, 0.3) is 21.7 Å². The maximum absolute atomic E-state index is 12.6. The molecule has 0 radical (unpaired) electrons. The highest BCUT2D eigenvalue weighted by molar-refractivity contribution is 5.90. The fourth-order valence-electron chi connectivity index (χ4n) is 3.35. The SMILES string of the molecule is CCn1c(NNC(=O)Cc2cccc3ccccc23)nc2ccccc2c1=O. The molecule has 0 saturated heterocycles. The molecular weight excluding hydrogens is 352 g/mol. The highest BCUT2D eigenvalue weighted by Crippen LogP contribution is 2.19. The van der Waals surface area contributed by atoms with E-state index in [9.17, 15) is 9.59 Å². The largest absolute Gasteiger partial charge is 0.277 e. The maximum Gasteiger partial charge on any atom is 0.262 e. The van der Waals surface area contributed by atoms with E-state index >= 15 is 0 Å². The lowest BCUT2D eigenvalue weighted by Gasteiger charge is -2.14. The Kier molecular flexibility index (Phi) is 4.76. The molecule has 6 nitrogen and oxygen atoms in total. The lowest BCUT2D eigenvalue weighted by Crippen LogP contribution is -2.35. The predicted octanol–water partition coefficient (Wildman–Crippen LogP) is 3.26. The number of para-hydroxylation sites is 1. The Bertz CT molecular complexity index is 1220. The summed E-state index contributed by atoms with van der Waals surface area (Å²) in [5.74, 6) is 0.110. The summed E-state index contributed by atoms with van der Waals surface area (Å²) in [6, 6.07) is 21.0. The van der Waals surface area contributed by atoms with Crippen LogP contribution in [0.4, 0.5) is 5.95 Å². The molecule has 6 heteroatoms. The number of carbonyl (C=O) groups excluding carboxylic acids is 1. The molecular formula is C22H20N4O2. The van der Waals surface area contributed by atoms with Crippen molar-refractivity contribution >= 4 is 33.5 Å². The molecule has 0 atom stereocenters. The van der Waals surface area contributed by atoms with Crippen LogP contribution in [0.3, 0.4) is 0 Å². The van der Waals surface area contributed by atoms with E-state index in [1.807, 2.05) is 61.5 Å². The number of hydrazine groups is 1. The molecule has 4 rings (SSSR count). The van der Waals surface area contributed by atoms with Gasteiger partial charge in [-0.05, 0) is 35.4 Å². The second-order valence-corrected chi connectivity index (χ2v) is 6.49. The number of aromatic nitrogens is 2. The number of hydrogen-bond acceptors (Lipinski definition) is 4. The van der Waals surface area contributed by atoms with Gasteiger partial charge in [-0.2, -0.15) is 0 Å². The van der Waals surface area contributed by atoms with Gasteiger partial charge in [0.05, 0.1) is 17.3 Å². The number of fused-ring (bicyclic) bond motifs is 2. The first kappa shape index (κ1) is 17.7. The standard InChI is InChI=1S/C22H20N4O2/c1-2-26-21(28)18-12-5-6-13-19(18)23-22(26)25-24-20(27)14-16-10-7-9-15-8-3-4-11-17(15)16/h3-13H,2,14H2,1H3,(H,23,25)(H,24,27). The molecule has 0 aliphatic carbocycles. The van der Waals surface area contributed by atoms with Gasteiger partial charge in [-0.3, -0.25) is 25.0 Å². The summed E-state index contributed by atoms with van der Waals surface area (Å²) < 4.78 is 1.50. The number of anilines is 1. The van der Waals surface area contributed by atoms with Crippen molar-refractivity contribution in [3.63, 3.8) is 0 Å². The minimum Gasteiger partial charge on any atom is -0.277 e. The van der Waals surface area contributed by atoms with Crippen LogP contribution >= 0.6 is 0 Å². The Balaban J connectivity index is 1.56. The van der Waals surface area contributed by atoms with Gasteiger partial charge in [-0.1, -0.05) is 54.6 Å². The van der Waals surface area contributed by atoms with Crippen LogP contribution in [-0.4, -0.2) is 15.5 Å². The summed E-state index contributed by atoms with van der Waals surface area (Å²) in [4.78, 5) is 29.6. The Morgan fingerprint density at radius 3 is 2.50 bits per heavy atom. The Labute approximate surface area is 161 Å². The van der Waals surface area contributed by atoms with Crippen LogP contribution in [0, 0.1) is 0 Å². The molecule has 1 aromatic heterocycles. The van der Waals surface area contributed by atoms with Crippen molar-refractivity contribution in [3.05, 3.63) is 82.6 Å². The van der Waals surface area contributed by atoms with Gasteiger partial charge >= 0.3 is 0 Å². The maximum atomic E-state index is 12.6. The molecule has 0 bridgehead atoms. The highest BCUT2D eigenvalue weighted by Gasteiger charge is 2.11. The third-order valence-corrected chi connectivity index (χ3v) is 4.72. The molecule has 3 aromatic carbocycles. The zero-order chi connectivity index (χ0) is 19.5. The quantitative estimate of drug-likeness (QED) is 0.527. The van der Waals surface area contributed by atoms with Crippen LogP contribution in [0.2, 0.25) is 0 Å². The Morgan fingerprint density at radius 1 is 0.964 bits per heavy atom. The molecule has 1 amide bonds. The summed E-state index contributed by atoms with van der Waals surface area (Å²) in [6.45, 7) is 2.30. The van der Waals surface area contributed by atoms with Crippen molar-refractivity contribution in [1.29, 1.82) is 0 Å². The van der Waals surface area contributed by atoms with Crippen LogP contribution in [0.15, 0.2) is 71.5 Å². The normalized spacial score (nSPS) is 10.9. The second-order valence-electron chi connectivity index (χ2n) is 6.49. The number of amides is 1. The van der Waals surface area contributed by atoms with E-state index in [4.69, 9.17) is 0 Å². The monoisotopic (exact) mass is 372 g/mol. The van der Waals surface area contributed by atoms with Gasteiger partial charge in [0.15, 0.2) is 0 Å². The molecule has 1 heterocycles. The summed E-state index contributed by atoms with van der Waals surface area (Å²) in [5.41, 5.74) is 6.87. The van der Waals surface area contributed by atoms with Gasteiger partial charge in [0, 0.05) is 6.54 Å². The molecule has 2 N–H and O–H groups in total. The zero-order valence-corrected chi connectivity index (χ0v) is 15.5. The molecule has 0 unspecified atom stereocenters. The van der Waals surface area contributed by atoms with Crippen molar-refractivity contribution in [2.45, 2.75) is 19.9 Å². The number of nitrogens with one attached hydrogen (secondary N) is 2. The minimum absolute atomic E-state index is 0.140. The van der Waals surface area contributed by atoms with Crippen LogP contribution in [0.1, 0.15) is 12.5 Å². The molecule has 0 saturated carbocycles. The van der Waals surface area contributed by atoms with Crippen molar-refractivity contribution in [3.8, 4) is 0 Å². The number of nitrogens with zero attached hydrogens (tertiary/aromatic N) is 2. The third-order valence-electron chi connectivity index (χ3n) is 4.72. The summed E-state index contributed by atoms with van der Waals surface area (Å²) in [7, 11) is 0. The average Bonchev–Trinajstić information content (AvgIpc) is 2.73. The van der Waals surface area contributed by atoms with Crippen molar-refractivity contribution in [2.24, 2.45) is 0 Å². The molecule has 28 heavy (non-hydrogen) atoms. The smallest absolute Gasteiger partial charge is 0.262 e. The zero-order valence-electron chi connectivity index (χ0n) is 15.5. The molecule has 0 fully saturated rings. The first-order valence-electron chi connectivity index (χ1n) is 9.18. The molecule has 140 valence electrons. The van der Waals surface area contributed by atoms with E-state index in [2.05, 4.69) is 15.8 Å². The number of hydrogen-bond donors (Lipinski definition) is 2. The third kappa shape index (κ3) is 3.32. The minimum atomic E-state index is -0.207. The fraction of sp³-hybridized carbons (Fsp3) is 0.136. The van der Waals surface area contributed by atoms with E-state index in [0.717, 1.165) is 16.3 Å². The van der Waals surface area contributed by atoms with E-state index in [-0.39, 0.29) is 17.9 Å². The first-order chi connectivity index (χ1) is 13.7. The highest BCUT2D eigenvalue weighted by atomic mass is 16.2. The number of rotatable bonds is 5. The van der Waals surface area contributed by atoms with Crippen molar-refractivity contribution in [2.75, 3.05) is 5.43 Å². The van der Waals surface area contributed by atoms with E-state index in [0.29, 0.717) is 23.4 Å². The number of carbonyl (C=O) groups is 1. The van der Waals surface area contributed by atoms with Crippen LogP contribution in [0.5, 0.6) is 0 Å². The lowest BCUT2D eigenvalue weighted by atomic mass is 10.0. The van der Waals surface area contributed by atoms with Gasteiger partial charge < -0.3 is 0 Å². The van der Waals surface area contributed by atoms with Crippen molar-refractivity contribution < 1.29 is 4.79 Å². The van der Waals surface area contributed by atoms with E-state index in [1.165, 1.54) is 4.57 Å². The fourth-order valence-corrected chi connectivity index (χ4v) is 3.35. The molecule has 0 aliphatic heterocycles. The van der Waals surface area contributed by atoms with Gasteiger partial charge in [-0.25, -0.2) is 4.98 Å². The number of benzene rings is 3. The summed E-state index contributed by atoms with van der Waals surface area (Å²) in [5, 5.41) is 2.70. The van der Waals surface area contributed by atoms with Crippen molar-refractivity contribution in [1.82, 2.24) is 15.0 Å². The second kappa shape index (κ2) is 7.52. The topological polar surface area (TPSA) is 76.0 Å². The Hall–Kier alpha value is -3.67.